The molecule has 2 heterocycles. The van der Waals surface area contributed by atoms with Crippen LogP contribution in [0.4, 0.5) is 0 Å². The third-order valence-corrected chi connectivity index (χ3v) is 4.08. The fraction of sp³-hybridized carbons (Fsp3) is 0.150. The Labute approximate surface area is 156 Å². The molecule has 5 nitrogen and oxygen atoms in total. The first-order chi connectivity index (χ1) is 12.6. The number of hydrogen-bond acceptors (Lipinski definition) is 4. The number of esters is 1. The Bertz CT molecular complexity index is 1020. The van der Waals surface area contributed by atoms with Gasteiger partial charge < -0.3 is 9.30 Å². The van der Waals surface area contributed by atoms with Crippen LogP contribution in [0, 0.1) is 11.3 Å². The van der Waals surface area contributed by atoms with E-state index in [1.165, 1.54) is 0 Å². The molecule has 0 atom stereocenters. The maximum Gasteiger partial charge on any atom is 0.348 e. The van der Waals surface area contributed by atoms with Gasteiger partial charge in [0.2, 0.25) is 0 Å². The number of ether oxygens (including phenoxy) is 1. The van der Waals surface area contributed by atoms with Crippen molar-refractivity contribution in [2.75, 3.05) is 6.61 Å². The molecule has 0 fully saturated rings. The Morgan fingerprint density at radius 2 is 2.23 bits per heavy atom. The summed E-state index contributed by atoms with van der Waals surface area (Å²) in [5, 5.41) is 10.8. The van der Waals surface area contributed by atoms with Gasteiger partial charge in [-0.2, -0.15) is 5.26 Å². The van der Waals surface area contributed by atoms with Crippen LogP contribution in [0.3, 0.4) is 0 Å². The number of benzene rings is 1. The Kier molecular flexibility index (Phi) is 5.35. The lowest BCUT2D eigenvalue weighted by atomic mass is 10.1. The molecule has 0 saturated heterocycles. The number of hydrogen-bond donors (Lipinski definition) is 0. The highest BCUT2D eigenvalue weighted by atomic mass is 35.5. The van der Waals surface area contributed by atoms with E-state index in [0.717, 1.165) is 22.2 Å². The molecule has 0 aliphatic rings. The quantitative estimate of drug-likeness (QED) is 0.386. The summed E-state index contributed by atoms with van der Waals surface area (Å²) < 4.78 is 6.93. The molecule has 3 aromatic rings. The summed E-state index contributed by atoms with van der Waals surface area (Å²) in [5.41, 5.74) is 2.50. The summed E-state index contributed by atoms with van der Waals surface area (Å²) in [6.07, 6.45) is 5.17. The van der Waals surface area contributed by atoms with E-state index >= 15 is 0 Å². The molecule has 2 aromatic heterocycles. The van der Waals surface area contributed by atoms with Crippen LogP contribution >= 0.6 is 11.6 Å². The van der Waals surface area contributed by atoms with E-state index < -0.39 is 5.97 Å². The Morgan fingerprint density at radius 3 is 2.92 bits per heavy atom. The number of nitrogens with zero attached hydrogens (tertiary/aromatic N) is 3. The van der Waals surface area contributed by atoms with Gasteiger partial charge in [0, 0.05) is 28.4 Å². The molecule has 0 unspecified atom stereocenters. The van der Waals surface area contributed by atoms with Crippen LogP contribution in [0.5, 0.6) is 0 Å². The van der Waals surface area contributed by atoms with Crippen molar-refractivity contribution in [2.24, 2.45) is 0 Å². The molecule has 0 aliphatic carbocycles. The van der Waals surface area contributed by atoms with Crippen LogP contribution in [0.25, 0.3) is 17.0 Å². The molecule has 26 heavy (non-hydrogen) atoms. The lowest BCUT2D eigenvalue weighted by Gasteiger charge is -2.04. The molecule has 0 radical (unpaired) electrons. The van der Waals surface area contributed by atoms with Crippen molar-refractivity contribution in [1.82, 2.24) is 9.55 Å². The maximum atomic E-state index is 11.9. The Morgan fingerprint density at radius 1 is 1.38 bits per heavy atom. The fourth-order valence-electron chi connectivity index (χ4n) is 2.71. The van der Waals surface area contributed by atoms with Gasteiger partial charge in [0.15, 0.2) is 0 Å². The van der Waals surface area contributed by atoms with Crippen molar-refractivity contribution in [3.8, 4) is 6.07 Å². The first-order valence-electron chi connectivity index (χ1n) is 8.09. The zero-order chi connectivity index (χ0) is 18.5. The van der Waals surface area contributed by atoms with Crippen molar-refractivity contribution in [1.29, 1.82) is 5.26 Å². The number of pyridine rings is 1. The zero-order valence-corrected chi connectivity index (χ0v) is 14.9. The van der Waals surface area contributed by atoms with E-state index in [1.807, 2.05) is 47.2 Å². The second kappa shape index (κ2) is 7.85. The van der Waals surface area contributed by atoms with Crippen molar-refractivity contribution in [3.05, 3.63) is 70.6 Å². The molecular formula is C20H16ClN3O2. The van der Waals surface area contributed by atoms with E-state index in [0.29, 0.717) is 11.6 Å². The van der Waals surface area contributed by atoms with Gasteiger partial charge in [-0.05, 0) is 37.3 Å². The van der Waals surface area contributed by atoms with E-state index in [4.69, 9.17) is 16.3 Å². The number of aromatic nitrogens is 2. The molecular weight excluding hydrogens is 350 g/mol. The second-order valence-corrected chi connectivity index (χ2v) is 6.02. The predicted octanol–water partition coefficient (Wildman–Crippen LogP) is 4.21. The zero-order valence-electron chi connectivity index (χ0n) is 14.1. The third kappa shape index (κ3) is 3.76. The van der Waals surface area contributed by atoms with Gasteiger partial charge >= 0.3 is 5.97 Å². The SMILES string of the molecule is CCOC(=O)/C(C#N)=C/c1cn(Cc2ccccn2)c2cc(Cl)ccc12. The fourth-order valence-corrected chi connectivity index (χ4v) is 2.87. The standard InChI is InChI=1S/C20H16ClN3O2/c1-2-26-20(25)14(11-22)9-15-12-24(13-17-5-3-4-8-23-17)19-10-16(21)6-7-18(15)19/h3-10,12H,2,13H2,1H3/b14-9+. The van der Waals surface area contributed by atoms with Gasteiger partial charge in [-0.15, -0.1) is 0 Å². The molecule has 3 rings (SSSR count). The summed E-state index contributed by atoms with van der Waals surface area (Å²) in [6.45, 7) is 2.47. The Balaban J connectivity index is 2.09. The molecule has 0 bridgehead atoms. The van der Waals surface area contributed by atoms with Crippen molar-refractivity contribution >= 4 is 34.5 Å². The van der Waals surface area contributed by atoms with Crippen molar-refractivity contribution in [2.45, 2.75) is 13.5 Å². The van der Waals surface area contributed by atoms with Gasteiger partial charge in [0.05, 0.1) is 24.4 Å². The number of carbonyl (C=O) groups excluding carboxylic acids is 1. The minimum atomic E-state index is -0.630. The van der Waals surface area contributed by atoms with E-state index in [9.17, 15) is 10.1 Å². The van der Waals surface area contributed by atoms with Gasteiger partial charge in [-0.3, -0.25) is 4.98 Å². The number of rotatable bonds is 5. The van der Waals surface area contributed by atoms with Crippen LogP contribution in [0.15, 0.2) is 54.4 Å². The Hall–Kier alpha value is -3.10. The molecule has 0 amide bonds. The summed E-state index contributed by atoms with van der Waals surface area (Å²) in [4.78, 5) is 16.3. The molecule has 0 spiro atoms. The molecule has 0 N–H and O–H groups in total. The van der Waals surface area contributed by atoms with E-state index in [2.05, 4.69) is 4.98 Å². The molecule has 0 saturated carbocycles. The largest absolute Gasteiger partial charge is 0.462 e. The normalized spacial score (nSPS) is 11.3. The predicted molar refractivity (Wildman–Crippen MR) is 101 cm³/mol. The number of halogens is 1. The lowest BCUT2D eigenvalue weighted by molar-refractivity contribution is -0.137. The number of fused-ring (bicyclic) bond motifs is 1. The lowest BCUT2D eigenvalue weighted by Crippen LogP contribution is -2.05. The minimum Gasteiger partial charge on any atom is -0.462 e. The summed E-state index contributed by atoms with van der Waals surface area (Å²) in [5.74, 6) is -0.630. The molecule has 6 heteroatoms. The van der Waals surface area contributed by atoms with Crippen molar-refractivity contribution < 1.29 is 9.53 Å². The van der Waals surface area contributed by atoms with Gasteiger partial charge in [0.25, 0.3) is 0 Å². The van der Waals surface area contributed by atoms with Gasteiger partial charge in [-0.25, -0.2) is 4.79 Å². The average Bonchev–Trinajstić information content (AvgIpc) is 2.97. The molecule has 1 aromatic carbocycles. The smallest absolute Gasteiger partial charge is 0.348 e. The van der Waals surface area contributed by atoms with Crippen LogP contribution < -0.4 is 0 Å². The molecule has 0 aliphatic heterocycles. The van der Waals surface area contributed by atoms with Crippen LogP contribution in [-0.4, -0.2) is 22.1 Å². The maximum absolute atomic E-state index is 11.9. The first-order valence-corrected chi connectivity index (χ1v) is 8.47. The summed E-state index contributed by atoms with van der Waals surface area (Å²) in [7, 11) is 0. The third-order valence-electron chi connectivity index (χ3n) is 3.85. The van der Waals surface area contributed by atoms with Gasteiger partial charge in [-0.1, -0.05) is 23.7 Å². The van der Waals surface area contributed by atoms with Crippen LogP contribution in [0.2, 0.25) is 5.02 Å². The second-order valence-electron chi connectivity index (χ2n) is 5.59. The average molecular weight is 366 g/mol. The monoisotopic (exact) mass is 365 g/mol. The van der Waals surface area contributed by atoms with E-state index in [-0.39, 0.29) is 12.2 Å². The number of carbonyl (C=O) groups is 1. The van der Waals surface area contributed by atoms with Crippen LogP contribution in [-0.2, 0) is 16.1 Å². The highest BCUT2D eigenvalue weighted by Crippen LogP contribution is 2.27. The highest BCUT2D eigenvalue weighted by Gasteiger charge is 2.14. The number of nitriles is 1. The minimum absolute atomic E-state index is 0.0429. The van der Waals surface area contributed by atoms with Crippen molar-refractivity contribution in [3.63, 3.8) is 0 Å². The first kappa shape index (κ1) is 17.7. The van der Waals surface area contributed by atoms with Crippen LogP contribution in [0.1, 0.15) is 18.2 Å². The molecule has 130 valence electrons. The summed E-state index contributed by atoms with van der Waals surface area (Å²) >= 11 is 6.16. The summed E-state index contributed by atoms with van der Waals surface area (Å²) in [6, 6.07) is 13.1. The topological polar surface area (TPSA) is 67.9 Å². The highest BCUT2D eigenvalue weighted by molar-refractivity contribution is 6.31. The van der Waals surface area contributed by atoms with E-state index in [1.54, 1.807) is 25.3 Å². The van der Waals surface area contributed by atoms with Gasteiger partial charge in [0.1, 0.15) is 11.6 Å².